The van der Waals surface area contributed by atoms with Crippen LogP contribution in [0.1, 0.15) is 29.3 Å². The predicted molar refractivity (Wildman–Crippen MR) is 83.0 cm³/mol. The summed E-state index contributed by atoms with van der Waals surface area (Å²) in [5.41, 5.74) is 1.23. The third kappa shape index (κ3) is 5.93. The lowest BCUT2D eigenvalue weighted by molar-refractivity contribution is -0.131. The van der Waals surface area contributed by atoms with Crippen LogP contribution >= 0.6 is 11.8 Å². The van der Waals surface area contributed by atoms with Crippen LogP contribution in [-0.4, -0.2) is 35.0 Å². The van der Waals surface area contributed by atoms with E-state index >= 15 is 0 Å². The normalized spacial score (nSPS) is 12.3. The lowest BCUT2D eigenvalue weighted by Crippen LogP contribution is -2.26. The number of amides is 1. The fraction of sp³-hybridized carbons (Fsp3) is 0.333. The Hall–Kier alpha value is -1.75. The molecule has 20 heavy (non-hydrogen) atoms. The molecule has 0 spiro atoms. The highest BCUT2D eigenvalue weighted by molar-refractivity contribution is 7.99. The summed E-state index contributed by atoms with van der Waals surface area (Å²) in [6.45, 7) is 2.75. The Bertz CT molecular complexity index is 500. The van der Waals surface area contributed by atoms with Gasteiger partial charge in [0.2, 0.25) is 0 Å². The first-order valence-corrected chi connectivity index (χ1v) is 7.63. The van der Waals surface area contributed by atoms with Gasteiger partial charge in [-0.3, -0.25) is 4.79 Å². The van der Waals surface area contributed by atoms with Gasteiger partial charge in [0.1, 0.15) is 0 Å². The number of carbonyl (C=O) groups excluding carboxylic acids is 1. The van der Waals surface area contributed by atoms with Crippen LogP contribution in [0.4, 0.5) is 0 Å². The fourth-order valence-corrected chi connectivity index (χ4v) is 1.91. The zero-order valence-corrected chi connectivity index (χ0v) is 12.4. The van der Waals surface area contributed by atoms with E-state index in [9.17, 15) is 9.59 Å². The molecule has 0 fully saturated rings. The van der Waals surface area contributed by atoms with Gasteiger partial charge < -0.3 is 10.4 Å². The van der Waals surface area contributed by atoms with Crippen molar-refractivity contribution in [3.8, 4) is 0 Å². The molecular formula is C15H19NO3S. The number of nitrogens with one attached hydrogen (secondary N) is 1. The zero-order valence-electron chi connectivity index (χ0n) is 11.6. The molecule has 1 amide bonds. The number of carboxylic acid groups (broad SMARTS) is 1. The number of benzene rings is 1. The van der Waals surface area contributed by atoms with Crippen molar-refractivity contribution in [1.82, 2.24) is 5.32 Å². The monoisotopic (exact) mass is 293 g/mol. The van der Waals surface area contributed by atoms with Crippen molar-refractivity contribution < 1.29 is 14.7 Å². The summed E-state index contributed by atoms with van der Waals surface area (Å²) in [6, 6.07) is 6.88. The molecule has 5 heteroatoms. The van der Waals surface area contributed by atoms with Crippen molar-refractivity contribution in [3.63, 3.8) is 0 Å². The van der Waals surface area contributed by atoms with Gasteiger partial charge in [0.15, 0.2) is 0 Å². The summed E-state index contributed by atoms with van der Waals surface area (Å²) in [4.78, 5) is 22.4. The first-order valence-electron chi connectivity index (χ1n) is 6.35. The molecule has 1 unspecified atom stereocenters. The Morgan fingerprint density at radius 3 is 2.85 bits per heavy atom. The van der Waals surface area contributed by atoms with Crippen LogP contribution in [0.2, 0.25) is 0 Å². The van der Waals surface area contributed by atoms with Gasteiger partial charge in [-0.1, -0.05) is 19.1 Å². The Morgan fingerprint density at radius 1 is 1.45 bits per heavy atom. The van der Waals surface area contributed by atoms with E-state index in [0.29, 0.717) is 22.9 Å². The van der Waals surface area contributed by atoms with E-state index in [1.807, 2.05) is 6.26 Å². The molecule has 108 valence electrons. The molecular weight excluding hydrogens is 274 g/mol. The van der Waals surface area contributed by atoms with E-state index in [4.69, 9.17) is 5.11 Å². The summed E-state index contributed by atoms with van der Waals surface area (Å²) in [5.74, 6) is -1.14. The third-order valence-corrected chi connectivity index (χ3v) is 3.85. The number of rotatable bonds is 7. The number of hydrogen-bond acceptors (Lipinski definition) is 3. The van der Waals surface area contributed by atoms with Crippen molar-refractivity contribution >= 4 is 29.7 Å². The molecule has 0 aliphatic rings. The minimum absolute atomic E-state index is 0.135. The molecule has 0 bridgehead atoms. The van der Waals surface area contributed by atoms with E-state index in [2.05, 4.69) is 12.2 Å². The maximum absolute atomic E-state index is 11.9. The Balaban J connectivity index is 2.60. The van der Waals surface area contributed by atoms with E-state index < -0.39 is 5.97 Å². The van der Waals surface area contributed by atoms with Gasteiger partial charge in [0.05, 0.1) is 0 Å². The van der Waals surface area contributed by atoms with Gasteiger partial charge in [-0.15, -0.1) is 0 Å². The SMILES string of the molecule is CSC(C)CCNC(=O)c1cccc(/C=C/C(=O)O)c1. The van der Waals surface area contributed by atoms with Crippen molar-refractivity contribution in [2.45, 2.75) is 18.6 Å². The molecule has 0 radical (unpaired) electrons. The fourth-order valence-electron chi connectivity index (χ4n) is 1.56. The van der Waals surface area contributed by atoms with E-state index in [0.717, 1.165) is 12.5 Å². The molecule has 0 aromatic heterocycles. The van der Waals surface area contributed by atoms with Crippen LogP contribution in [-0.2, 0) is 4.79 Å². The van der Waals surface area contributed by atoms with Gasteiger partial charge in [-0.05, 0) is 36.4 Å². The maximum Gasteiger partial charge on any atom is 0.328 e. The molecule has 1 atom stereocenters. The van der Waals surface area contributed by atoms with Crippen LogP contribution in [0.3, 0.4) is 0 Å². The van der Waals surface area contributed by atoms with E-state index in [1.54, 1.807) is 36.0 Å². The largest absolute Gasteiger partial charge is 0.478 e. The summed E-state index contributed by atoms with van der Waals surface area (Å²) in [7, 11) is 0. The molecule has 1 rings (SSSR count). The Kier molecular flexibility index (Phi) is 6.87. The first kappa shape index (κ1) is 16.3. The molecule has 4 nitrogen and oxygen atoms in total. The van der Waals surface area contributed by atoms with E-state index in [-0.39, 0.29) is 5.91 Å². The van der Waals surface area contributed by atoms with Crippen molar-refractivity contribution in [2.24, 2.45) is 0 Å². The molecule has 0 saturated carbocycles. The highest BCUT2D eigenvalue weighted by Crippen LogP contribution is 2.09. The Labute approximate surface area is 123 Å². The summed E-state index contributed by atoms with van der Waals surface area (Å²) < 4.78 is 0. The summed E-state index contributed by atoms with van der Waals surface area (Å²) in [5, 5.41) is 12.0. The maximum atomic E-state index is 11.9. The van der Waals surface area contributed by atoms with Crippen LogP contribution in [0.15, 0.2) is 30.3 Å². The van der Waals surface area contributed by atoms with E-state index in [1.165, 1.54) is 6.08 Å². The van der Waals surface area contributed by atoms with Crippen LogP contribution in [0.25, 0.3) is 6.08 Å². The molecule has 2 N–H and O–H groups in total. The number of carbonyl (C=O) groups is 2. The second-order valence-corrected chi connectivity index (χ2v) is 5.66. The van der Waals surface area contributed by atoms with Gasteiger partial charge in [-0.25, -0.2) is 4.79 Å². The topological polar surface area (TPSA) is 66.4 Å². The Morgan fingerprint density at radius 2 is 2.20 bits per heavy atom. The average Bonchev–Trinajstić information content (AvgIpc) is 2.45. The zero-order chi connectivity index (χ0) is 15.0. The van der Waals surface area contributed by atoms with Gasteiger partial charge in [0.25, 0.3) is 5.91 Å². The number of thioether (sulfide) groups is 1. The average molecular weight is 293 g/mol. The van der Waals surface area contributed by atoms with Crippen LogP contribution < -0.4 is 5.32 Å². The van der Waals surface area contributed by atoms with Crippen LogP contribution in [0, 0.1) is 0 Å². The molecule has 1 aromatic rings. The highest BCUT2D eigenvalue weighted by Gasteiger charge is 2.06. The summed E-state index contributed by atoms with van der Waals surface area (Å²) >= 11 is 1.77. The van der Waals surface area contributed by atoms with Crippen molar-refractivity contribution in [2.75, 3.05) is 12.8 Å². The molecule has 1 aromatic carbocycles. The van der Waals surface area contributed by atoms with Gasteiger partial charge >= 0.3 is 5.97 Å². The standard InChI is InChI=1S/C15H19NO3S/c1-11(20-2)8-9-16-15(19)13-5-3-4-12(10-13)6-7-14(17)18/h3-7,10-11H,8-9H2,1-2H3,(H,16,19)(H,17,18)/b7-6+. The molecule has 0 aliphatic carbocycles. The minimum atomic E-state index is -1.01. The first-order chi connectivity index (χ1) is 9.52. The third-order valence-electron chi connectivity index (χ3n) is 2.81. The molecule has 0 heterocycles. The molecule has 0 aliphatic heterocycles. The summed E-state index contributed by atoms with van der Waals surface area (Å²) in [6.07, 6.45) is 5.49. The lowest BCUT2D eigenvalue weighted by atomic mass is 10.1. The lowest BCUT2D eigenvalue weighted by Gasteiger charge is -2.09. The second kappa shape index (κ2) is 8.43. The smallest absolute Gasteiger partial charge is 0.328 e. The number of hydrogen-bond donors (Lipinski definition) is 2. The van der Waals surface area contributed by atoms with Crippen molar-refractivity contribution in [1.29, 1.82) is 0 Å². The van der Waals surface area contributed by atoms with Crippen molar-refractivity contribution in [3.05, 3.63) is 41.5 Å². The molecule has 0 saturated heterocycles. The van der Waals surface area contributed by atoms with Crippen LogP contribution in [0.5, 0.6) is 0 Å². The van der Waals surface area contributed by atoms with Gasteiger partial charge in [-0.2, -0.15) is 11.8 Å². The number of aliphatic carboxylic acids is 1. The minimum Gasteiger partial charge on any atom is -0.478 e. The predicted octanol–water partition coefficient (Wildman–Crippen LogP) is 2.66. The quantitative estimate of drug-likeness (QED) is 0.759. The number of carboxylic acids is 1. The highest BCUT2D eigenvalue weighted by atomic mass is 32.2. The second-order valence-electron chi connectivity index (χ2n) is 4.39. The van der Waals surface area contributed by atoms with Gasteiger partial charge in [0, 0.05) is 23.4 Å².